The van der Waals surface area contributed by atoms with Gasteiger partial charge in [0.2, 0.25) is 11.8 Å². The van der Waals surface area contributed by atoms with Crippen LogP contribution in [-0.2, 0) is 20.8 Å². The van der Waals surface area contributed by atoms with E-state index in [1.54, 1.807) is 24.3 Å². The van der Waals surface area contributed by atoms with Gasteiger partial charge in [-0.15, -0.1) is 0 Å². The molecule has 0 spiro atoms. The number of hydrogen-bond donors (Lipinski definition) is 5. The smallest absolute Gasteiger partial charge is 0.326 e. The van der Waals surface area contributed by atoms with Gasteiger partial charge in [0.15, 0.2) is 0 Å². The number of amides is 2. The van der Waals surface area contributed by atoms with Crippen molar-refractivity contribution < 1.29 is 19.5 Å². The summed E-state index contributed by atoms with van der Waals surface area (Å²) in [5.74, 6) is -2.24. The number of thiol groups is 1. The summed E-state index contributed by atoms with van der Waals surface area (Å²) < 4.78 is 0. The Balaban J connectivity index is 2.71. The van der Waals surface area contributed by atoms with Gasteiger partial charge in [0.25, 0.3) is 0 Å². The van der Waals surface area contributed by atoms with E-state index in [1.807, 2.05) is 6.07 Å². The molecule has 0 saturated carbocycles. The minimum absolute atomic E-state index is 0.0370. The second kappa shape index (κ2) is 9.06. The first-order chi connectivity index (χ1) is 10.5. The van der Waals surface area contributed by atoms with Gasteiger partial charge in [-0.3, -0.25) is 9.59 Å². The Morgan fingerprint density at radius 1 is 1.14 bits per heavy atom. The van der Waals surface area contributed by atoms with E-state index in [-0.39, 0.29) is 18.7 Å². The number of carboxylic acids is 1. The first kappa shape index (κ1) is 18.0. The zero-order chi connectivity index (χ0) is 16.5. The fourth-order valence-electron chi connectivity index (χ4n) is 1.77. The summed E-state index contributed by atoms with van der Waals surface area (Å²) in [5.41, 5.74) is 5.95. The van der Waals surface area contributed by atoms with Gasteiger partial charge in [-0.05, 0) is 5.56 Å². The second-order valence-corrected chi connectivity index (χ2v) is 4.96. The normalized spacial score (nSPS) is 13.0. The number of rotatable bonds is 8. The molecule has 0 aliphatic heterocycles. The van der Waals surface area contributed by atoms with Crippen LogP contribution >= 0.6 is 12.6 Å². The molecule has 7 nitrogen and oxygen atoms in total. The number of benzene rings is 1. The van der Waals surface area contributed by atoms with E-state index in [4.69, 9.17) is 5.73 Å². The number of nitrogens with one attached hydrogen (secondary N) is 2. The van der Waals surface area contributed by atoms with Crippen molar-refractivity contribution >= 4 is 30.4 Å². The highest BCUT2D eigenvalue weighted by atomic mass is 32.1. The molecule has 120 valence electrons. The van der Waals surface area contributed by atoms with Crippen LogP contribution < -0.4 is 16.4 Å². The summed E-state index contributed by atoms with van der Waals surface area (Å²) in [6, 6.07) is 6.91. The van der Waals surface area contributed by atoms with E-state index in [2.05, 4.69) is 23.3 Å². The lowest BCUT2D eigenvalue weighted by Crippen LogP contribution is -2.53. The van der Waals surface area contributed by atoms with E-state index in [1.165, 1.54) is 0 Å². The highest BCUT2D eigenvalue weighted by molar-refractivity contribution is 7.80. The molecule has 0 fully saturated rings. The summed E-state index contributed by atoms with van der Waals surface area (Å²) in [6.45, 7) is -0.260. The standard InChI is InChI=1S/C14H19N3O4S/c15-7-12(18)16-11(8-22)13(19)17-10(14(20)21)6-9-4-2-1-3-5-9/h1-5,10-11,22H,6-8,15H2,(H,16,18)(H,17,19)(H,20,21)/t10-,11-/m0/s1. The average molecular weight is 325 g/mol. The van der Waals surface area contributed by atoms with Crippen molar-refractivity contribution in [3.05, 3.63) is 35.9 Å². The van der Waals surface area contributed by atoms with Gasteiger partial charge in [-0.25, -0.2) is 4.79 Å². The molecule has 1 rings (SSSR count). The van der Waals surface area contributed by atoms with Crippen molar-refractivity contribution in [3.8, 4) is 0 Å². The summed E-state index contributed by atoms with van der Waals surface area (Å²) in [5, 5.41) is 14.0. The van der Waals surface area contributed by atoms with Crippen molar-refractivity contribution in [1.29, 1.82) is 0 Å². The molecule has 0 aliphatic rings. The zero-order valence-electron chi connectivity index (χ0n) is 11.9. The summed E-state index contributed by atoms with van der Waals surface area (Å²) in [4.78, 5) is 34.6. The zero-order valence-corrected chi connectivity index (χ0v) is 12.8. The number of nitrogens with two attached hydrogens (primary N) is 1. The lowest BCUT2D eigenvalue weighted by molar-refractivity contribution is -0.142. The fourth-order valence-corrected chi connectivity index (χ4v) is 2.03. The topological polar surface area (TPSA) is 122 Å². The average Bonchev–Trinajstić information content (AvgIpc) is 2.52. The highest BCUT2D eigenvalue weighted by Crippen LogP contribution is 2.04. The van der Waals surface area contributed by atoms with Crippen LogP contribution in [0.4, 0.5) is 0 Å². The maximum absolute atomic E-state index is 12.1. The molecule has 5 N–H and O–H groups in total. The van der Waals surface area contributed by atoms with E-state index in [0.29, 0.717) is 0 Å². The Morgan fingerprint density at radius 2 is 1.77 bits per heavy atom. The molecule has 2 atom stereocenters. The molecular weight excluding hydrogens is 306 g/mol. The van der Waals surface area contributed by atoms with E-state index < -0.39 is 29.9 Å². The third-order valence-electron chi connectivity index (χ3n) is 2.92. The number of carbonyl (C=O) groups is 3. The quantitative estimate of drug-likeness (QED) is 0.400. The summed E-state index contributed by atoms with van der Waals surface area (Å²) in [6.07, 6.45) is 0.145. The lowest BCUT2D eigenvalue weighted by atomic mass is 10.1. The maximum atomic E-state index is 12.1. The molecule has 8 heteroatoms. The minimum Gasteiger partial charge on any atom is -0.480 e. The second-order valence-electron chi connectivity index (χ2n) is 4.60. The molecular formula is C14H19N3O4S. The molecule has 0 bridgehead atoms. The molecule has 22 heavy (non-hydrogen) atoms. The molecule has 1 aromatic carbocycles. The molecule has 1 aromatic rings. The molecule has 0 aromatic heterocycles. The van der Waals surface area contributed by atoms with Crippen molar-refractivity contribution in [2.45, 2.75) is 18.5 Å². The van der Waals surface area contributed by atoms with Crippen LogP contribution in [0.15, 0.2) is 30.3 Å². The molecule has 0 heterocycles. The largest absolute Gasteiger partial charge is 0.480 e. The Bertz CT molecular complexity index is 524. The summed E-state index contributed by atoms with van der Waals surface area (Å²) in [7, 11) is 0. The Morgan fingerprint density at radius 3 is 2.27 bits per heavy atom. The third kappa shape index (κ3) is 5.74. The van der Waals surface area contributed by atoms with Crippen LogP contribution in [0.1, 0.15) is 5.56 Å². The van der Waals surface area contributed by atoms with Crippen LogP contribution in [0.2, 0.25) is 0 Å². The Labute approximate surface area is 133 Å². The van der Waals surface area contributed by atoms with E-state index >= 15 is 0 Å². The van der Waals surface area contributed by atoms with Crippen LogP contribution in [-0.4, -0.2) is 47.3 Å². The van der Waals surface area contributed by atoms with E-state index in [9.17, 15) is 19.5 Å². The summed E-state index contributed by atoms with van der Waals surface area (Å²) >= 11 is 3.98. The van der Waals surface area contributed by atoms with Gasteiger partial charge in [0, 0.05) is 12.2 Å². The van der Waals surface area contributed by atoms with Crippen molar-refractivity contribution in [3.63, 3.8) is 0 Å². The Kier molecular flexibility index (Phi) is 7.41. The van der Waals surface area contributed by atoms with Gasteiger partial charge in [0.05, 0.1) is 6.54 Å². The number of carbonyl (C=O) groups excluding carboxylic acids is 2. The van der Waals surface area contributed by atoms with Crippen LogP contribution in [0.3, 0.4) is 0 Å². The first-order valence-corrected chi connectivity index (χ1v) is 7.28. The SMILES string of the molecule is NCC(=O)N[C@@H](CS)C(=O)N[C@@H](Cc1ccccc1)C(=O)O. The van der Waals surface area contributed by atoms with Gasteiger partial charge >= 0.3 is 5.97 Å². The monoisotopic (exact) mass is 325 g/mol. The van der Waals surface area contributed by atoms with Gasteiger partial charge in [0.1, 0.15) is 12.1 Å². The molecule has 2 amide bonds. The van der Waals surface area contributed by atoms with Gasteiger partial charge < -0.3 is 21.5 Å². The molecule has 0 unspecified atom stereocenters. The van der Waals surface area contributed by atoms with E-state index in [0.717, 1.165) is 5.56 Å². The van der Waals surface area contributed by atoms with Crippen LogP contribution in [0.25, 0.3) is 0 Å². The minimum atomic E-state index is -1.15. The number of hydrogen-bond acceptors (Lipinski definition) is 5. The number of aliphatic carboxylic acids is 1. The van der Waals surface area contributed by atoms with Gasteiger partial charge in [-0.1, -0.05) is 30.3 Å². The third-order valence-corrected chi connectivity index (χ3v) is 3.28. The van der Waals surface area contributed by atoms with Gasteiger partial charge in [-0.2, -0.15) is 12.6 Å². The fraction of sp³-hybridized carbons (Fsp3) is 0.357. The van der Waals surface area contributed by atoms with Crippen molar-refractivity contribution in [2.24, 2.45) is 5.73 Å². The molecule has 0 saturated heterocycles. The van der Waals surface area contributed by atoms with Crippen molar-refractivity contribution in [2.75, 3.05) is 12.3 Å². The highest BCUT2D eigenvalue weighted by Gasteiger charge is 2.25. The maximum Gasteiger partial charge on any atom is 0.326 e. The van der Waals surface area contributed by atoms with Crippen LogP contribution in [0.5, 0.6) is 0 Å². The Hall–Kier alpha value is -2.06. The first-order valence-electron chi connectivity index (χ1n) is 6.65. The predicted molar refractivity (Wildman–Crippen MR) is 84.6 cm³/mol. The molecule has 0 radical (unpaired) electrons. The van der Waals surface area contributed by atoms with Crippen LogP contribution in [0, 0.1) is 0 Å². The van der Waals surface area contributed by atoms with Crippen molar-refractivity contribution in [1.82, 2.24) is 10.6 Å². The number of carboxylic acid groups (broad SMARTS) is 1. The molecule has 0 aliphatic carbocycles. The lowest BCUT2D eigenvalue weighted by Gasteiger charge is -2.20. The predicted octanol–water partition coefficient (Wildman–Crippen LogP) is -0.828.